The van der Waals surface area contributed by atoms with E-state index in [9.17, 15) is 4.79 Å². The number of carbonyl (C=O) groups is 1. The number of hydrogen-bond acceptors (Lipinski definition) is 6. The molecule has 132 valence electrons. The van der Waals surface area contributed by atoms with Crippen LogP contribution in [0.15, 0.2) is 6.07 Å². The summed E-state index contributed by atoms with van der Waals surface area (Å²) in [5, 5.41) is 3.09. The lowest BCUT2D eigenvalue weighted by molar-refractivity contribution is -0.139. The molecule has 3 heterocycles. The second-order valence-corrected chi connectivity index (χ2v) is 7.00. The number of carbonyl (C=O) groups excluding carboxylic acids is 1. The predicted octanol–water partition coefficient (Wildman–Crippen LogP) is 1.64. The summed E-state index contributed by atoms with van der Waals surface area (Å²) in [6, 6.07) is 1.81. The highest BCUT2D eigenvalue weighted by molar-refractivity contribution is 5.92. The normalized spacial score (nSPS) is 23.4. The van der Waals surface area contributed by atoms with E-state index in [-0.39, 0.29) is 29.4 Å². The zero-order chi connectivity index (χ0) is 17.2. The molecule has 1 spiro atoms. The number of ether oxygens (including phenoxy) is 2. The molecule has 0 aliphatic carbocycles. The Morgan fingerprint density at radius 2 is 2.08 bits per heavy atom. The lowest BCUT2D eigenvalue weighted by Crippen LogP contribution is -2.51. The Bertz CT molecular complexity index is 594. The highest BCUT2D eigenvalue weighted by Gasteiger charge is 2.39. The largest absolute Gasteiger partial charge is 0.381 e. The van der Waals surface area contributed by atoms with Gasteiger partial charge in [0.05, 0.1) is 5.60 Å². The molecule has 1 aromatic heterocycles. The van der Waals surface area contributed by atoms with Gasteiger partial charge in [-0.3, -0.25) is 4.79 Å². The average Bonchev–Trinajstić information content (AvgIpc) is 2.55. The van der Waals surface area contributed by atoms with Crippen molar-refractivity contribution in [2.24, 2.45) is 0 Å². The Morgan fingerprint density at radius 1 is 1.33 bits per heavy atom. The van der Waals surface area contributed by atoms with Crippen molar-refractivity contribution in [1.29, 1.82) is 0 Å². The van der Waals surface area contributed by atoms with E-state index in [1.807, 2.05) is 13.8 Å². The van der Waals surface area contributed by atoms with Crippen LogP contribution in [0.1, 0.15) is 61.6 Å². The van der Waals surface area contributed by atoms with E-state index in [1.165, 1.54) is 0 Å². The van der Waals surface area contributed by atoms with Gasteiger partial charge in [-0.2, -0.15) is 0 Å². The first-order valence-corrected chi connectivity index (χ1v) is 8.64. The van der Waals surface area contributed by atoms with Gasteiger partial charge in [0.2, 0.25) is 5.95 Å². The van der Waals surface area contributed by atoms with Gasteiger partial charge < -0.3 is 20.5 Å². The van der Waals surface area contributed by atoms with Crippen LogP contribution >= 0.6 is 0 Å². The van der Waals surface area contributed by atoms with Gasteiger partial charge in [0.1, 0.15) is 5.69 Å². The summed E-state index contributed by atoms with van der Waals surface area (Å²) in [6.45, 7) is 6.13. The van der Waals surface area contributed by atoms with Crippen LogP contribution in [0.5, 0.6) is 0 Å². The summed E-state index contributed by atoms with van der Waals surface area (Å²) in [6.07, 6.45) is 3.40. The van der Waals surface area contributed by atoms with Gasteiger partial charge in [-0.25, -0.2) is 9.97 Å². The van der Waals surface area contributed by atoms with Crippen LogP contribution in [0.4, 0.5) is 5.95 Å². The van der Waals surface area contributed by atoms with Crippen LogP contribution in [-0.4, -0.2) is 47.3 Å². The molecule has 1 amide bonds. The second-order valence-electron chi connectivity index (χ2n) is 7.00. The number of nitrogens with zero attached hydrogens (tertiary/aromatic N) is 2. The molecule has 7 nitrogen and oxygen atoms in total. The Labute approximate surface area is 142 Å². The van der Waals surface area contributed by atoms with Crippen LogP contribution < -0.4 is 11.1 Å². The summed E-state index contributed by atoms with van der Waals surface area (Å²) >= 11 is 0. The van der Waals surface area contributed by atoms with Gasteiger partial charge in [0.15, 0.2) is 0 Å². The maximum absolute atomic E-state index is 12.6. The molecule has 2 aliphatic rings. The highest BCUT2D eigenvalue weighted by atomic mass is 16.5. The van der Waals surface area contributed by atoms with Crippen LogP contribution in [0, 0.1) is 0 Å². The third-order valence-electron chi connectivity index (χ3n) is 4.82. The third kappa shape index (κ3) is 3.84. The quantitative estimate of drug-likeness (QED) is 0.872. The summed E-state index contributed by atoms with van der Waals surface area (Å²) in [7, 11) is 0. The van der Waals surface area contributed by atoms with E-state index in [0.717, 1.165) is 44.6 Å². The van der Waals surface area contributed by atoms with Crippen molar-refractivity contribution >= 4 is 11.9 Å². The first-order valence-electron chi connectivity index (χ1n) is 8.64. The zero-order valence-electron chi connectivity index (χ0n) is 14.4. The molecular formula is C17H26N4O3. The van der Waals surface area contributed by atoms with E-state index in [0.29, 0.717) is 12.3 Å². The number of amides is 1. The van der Waals surface area contributed by atoms with E-state index >= 15 is 0 Å². The van der Waals surface area contributed by atoms with Crippen molar-refractivity contribution < 1.29 is 14.3 Å². The third-order valence-corrected chi connectivity index (χ3v) is 4.82. The molecule has 0 bridgehead atoms. The number of anilines is 1. The standard InChI is InChI=1S/C17H26N4O3/c1-11(2)13-9-14(21-16(18)20-13)15(22)19-12-3-6-24-17(10-12)4-7-23-8-5-17/h9,11-12H,3-8,10H2,1-2H3,(H,19,22)(H2,18,20,21)/t12-/m1/s1. The molecule has 2 aliphatic heterocycles. The van der Waals surface area contributed by atoms with Crippen molar-refractivity contribution in [3.8, 4) is 0 Å². The molecule has 7 heteroatoms. The van der Waals surface area contributed by atoms with Gasteiger partial charge in [0, 0.05) is 31.6 Å². The van der Waals surface area contributed by atoms with Gasteiger partial charge in [0.25, 0.3) is 5.91 Å². The first kappa shape index (κ1) is 17.1. The Morgan fingerprint density at radius 3 is 2.79 bits per heavy atom. The number of rotatable bonds is 3. The summed E-state index contributed by atoms with van der Waals surface area (Å²) in [5.74, 6) is 0.134. The molecule has 0 aromatic carbocycles. The maximum Gasteiger partial charge on any atom is 0.270 e. The number of hydrogen-bond donors (Lipinski definition) is 2. The van der Waals surface area contributed by atoms with Gasteiger partial charge in [-0.1, -0.05) is 13.8 Å². The molecule has 2 fully saturated rings. The zero-order valence-corrected chi connectivity index (χ0v) is 14.4. The molecule has 2 saturated heterocycles. The minimum Gasteiger partial charge on any atom is -0.381 e. The Kier molecular flexibility index (Phi) is 5.01. The Balaban J connectivity index is 1.68. The van der Waals surface area contributed by atoms with E-state index in [2.05, 4.69) is 15.3 Å². The van der Waals surface area contributed by atoms with Gasteiger partial charge >= 0.3 is 0 Å². The number of aromatic nitrogens is 2. The van der Waals surface area contributed by atoms with Crippen molar-refractivity contribution in [3.63, 3.8) is 0 Å². The Hall–Kier alpha value is -1.73. The lowest BCUT2D eigenvalue weighted by Gasteiger charge is -2.43. The van der Waals surface area contributed by atoms with Gasteiger partial charge in [-0.05, 0) is 37.7 Å². The summed E-state index contributed by atoms with van der Waals surface area (Å²) < 4.78 is 11.4. The molecule has 3 rings (SSSR count). The smallest absolute Gasteiger partial charge is 0.270 e. The minimum absolute atomic E-state index is 0.0861. The van der Waals surface area contributed by atoms with Crippen LogP contribution in [-0.2, 0) is 9.47 Å². The first-order chi connectivity index (χ1) is 11.5. The average molecular weight is 334 g/mol. The van der Waals surface area contributed by atoms with Crippen molar-refractivity contribution in [1.82, 2.24) is 15.3 Å². The van der Waals surface area contributed by atoms with E-state index < -0.39 is 0 Å². The number of nitrogens with one attached hydrogen (secondary N) is 1. The number of nitrogen functional groups attached to an aromatic ring is 1. The van der Waals surface area contributed by atoms with Crippen molar-refractivity contribution in [2.75, 3.05) is 25.6 Å². The monoisotopic (exact) mass is 334 g/mol. The molecule has 0 saturated carbocycles. The number of nitrogens with two attached hydrogens (primary N) is 1. The molecular weight excluding hydrogens is 308 g/mol. The predicted molar refractivity (Wildman–Crippen MR) is 89.8 cm³/mol. The molecule has 24 heavy (non-hydrogen) atoms. The lowest BCUT2D eigenvalue weighted by atomic mass is 9.84. The molecule has 1 atom stereocenters. The fraction of sp³-hybridized carbons (Fsp3) is 0.706. The van der Waals surface area contributed by atoms with E-state index in [1.54, 1.807) is 6.07 Å². The van der Waals surface area contributed by atoms with Crippen molar-refractivity contribution in [2.45, 2.75) is 57.1 Å². The summed E-state index contributed by atoms with van der Waals surface area (Å²) in [5.41, 5.74) is 6.70. The molecule has 3 N–H and O–H groups in total. The maximum atomic E-state index is 12.6. The van der Waals surface area contributed by atoms with Crippen LogP contribution in [0.3, 0.4) is 0 Å². The van der Waals surface area contributed by atoms with E-state index in [4.69, 9.17) is 15.2 Å². The van der Waals surface area contributed by atoms with Gasteiger partial charge in [-0.15, -0.1) is 0 Å². The fourth-order valence-corrected chi connectivity index (χ4v) is 3.40. The van der Waals surface area contributed by atoms with Crippen LogP contribution in [0.25, 0.3) is 0 Å². The van der Waals surface area contributed by atoms with Crippen molar-refractivity contribution in [3.05, 3.63) is 17.5 Å². The SMILES string of the molecule is CC(C)c1cc(C(=O)N[C@@H]2CCOC3(CCOCC3)C2)nc(N)n1. The highest BCUT2D eigenvalue weighted by Crippen LogP contribution is 2.34. The summed E-state index contributed by atoms with van der Waals surface area (Å²) in [4.78, 5) is 20.9. The molecule has 0 radical (unpaired) electrons. The topological polar surface area (TPSA) is 99.4 Å². The minimum atomic E-state index is -0.194. The molecule has 0 unspecified atom stereocenters. The van der Waals surface area contributed by atoms with Crippen LogP contribution in [0.2, 0.25) is 0 Å². The second kappa shape index (κ2) is 7.03. The fourth-order valence-electron chi connectivity index (χ4n) is 3.40. The molecule has 1 aromatic rings.